The molecule has 0 radical (unpaired) electrons. The molecular weight excluding hydrogens is 202 g/mol. The van der Waals surface area contributed by atoms with Crippen molar-refractivity contribution in [3.63, 3.8) is 0 Å². The monoisotopic (exact) mass is 219 g/mol. The number of hydrogen-bond acceptors (Lipinski definition) is 3. The molecule has 1 aromatic rings. The Balaban J connectivity index is 2.81. The summed E-state index contributed by atoms with van der Waals surface area (Å²) >= 11 is 0. The van der Waals surface area contributed by atoms with Gasteiger partial charge >= 0.3 is 5.97 Å². The summed E-state index contributed by atoms with van der Waals surface area (Å²) in [6.07, 6.45) is 1.14. The summed E-state index contributed by atoms with van der Waals surface area (Å²) in [6.45, 7) is 9.45. The highest BCUT2D eigenvalue weighted by Crippen LogP contribution is 2.15. The Bertz CT molecular complexity index is 353. The topological polar surface area (TPSA) is 29.5 Å². The van der Waals surface area contributed by atoms with Gasteiger partial charge in [0.25, 0.3) is 0 Å². The molecule has 86 valence electrons. The van der Waals surface area contributed by atoms with Crippen LogP contribution in [0.5, 0.6) is 0 Å². The summed E-state index contributed by atoms with van der Waals surface area (Å²) < 4.78 is 4.69. The molecule has 0 fully saturated rings. The van der Waals surface area contributed by atoms with E-state index in [1.807, 2.05) is 12.1 Å². The van der Waals surface area contributed by atoms with Gasteiger partial charge in [0.05, 0.1) is 11.8 Å². The normalized spacial score (nSPS) is 9.62. The Morgan fingerprint density at radius 3 is 2.31 bits per heavy atom. The van der Waals surface area contributed by atoms with E-state index in [0.29, 0.717) is 5.56 Å². The summed E-state index contributed by atoms with van der Waals surface area (Å²) in [5.74, 6) is -0.374. The molecule has 3 nitrogen and oxygen atoms in total. The number of anilines is 1. The minimum atomic E-state index is -0.374. The molecule has 0 amide bonds. The Labute approximate surface area is 96.3 Å². The van der Waals surface area contributed by atoms with E-state index in [1.165, 1.54) is 0 Å². The molecular formula is C13H17NO2. The molecule has 0 aromatic heterocycles. The van der Waals surface area contributed by atoms with Crippen molar-refractivity contribution >= 4 is 11.7 Å². The summed E-state index contributed by atoms with van der Waals surface area (Å²) in [7, 11) is 0. The predicted molar refractivity (Wildman–Crippen MR) is 65.6 cm³/mol. The molecule has 0 spiro atoms. The lowest BCUT2D eigenvalue weighted by molar-refractivity contribution is 0.0664. The van der Waals surface area contributed by atoms with E-state index in [4.69, 9.17) is 4.74 Å². The van der Waals surface area contributed by atoms with Gasteiger partial charge in [0, 0.05) is 18.8 Å². The van der Waals surface area contributed by atoms with Crippen molar-refractivity contribution in [2.75, 3.05) is 18.0 Å². The van der Waals surface area contributed by atoms with Gasteiger partial charge in [-0.1, -0.05) is 6.58 Å². The van der Waals surface area contributed by atoms with Crippen LogP contribution in [-0.2, 0) is 4.74 Å². The maximum atomic E-state index is 11.4. The highest BCUT2D eigenvalue weighted by molar-refractivity contribution is 5.90. The summed E-state index contributed by atoms with van der Waals surface area (Å²) in [5, 5.41) is 0. The van der Waals surface area contributed by atoms with E-state index in [0.717, 1.165) is 25.0 Å². The molecule has 0 atom stereocenters. The second-order valence-electron chi connectivity index (χ2n) is 3.29. The van der Waals surface area contributed by atoms with Crippen LogP contribution in [0.25, 0.3) is 0 Å². The lowest BCUT2D eigenvalue weighted by atomic mass is 10.2. The molecule has 16 heavy (non-hydrogen) atoms. The van der Waals surface area contributed by atoms with Crippen molar-refractivity contribution in [2.45, 2.75) is 13.8 Å². The molecule has 0 saturated heterocycles. The van der Waals surface area contributed by atoms with E-state index >= 15 is 0 Å². The largest absolute Gasteiger partial charge is 0.432 e. The molecule has 0 saturated carbocycles. The lowest BCUT2D eigenvalue weighted by Crippen LogP contribution is -2.21. The van der Waals surface area contributed by atoms with Crippen LogP contribution in [0.3, 0.4) is 0 Å². The highest BCUT2D eigenvalue weighted by Gasteiger charge is 2.06. The first kappa shape index (κ1) is 12.3. The third kappa shape index (κ3) is 2.86. The third-order valence-electron chi connectivity index (χ3n) is 2.42. The van der Waals surface area contributed by atoms with Gasteiger partial charge in [-0.15, -0.1) is 0 Å². The van der Waals surface area contributed by atoms with Crippen LogP contribution in [0.4, 0.5) is 5.69 Å². The molecule has 0 aliphatic carbocycles. The van der Waals surface area contributed by atoms with Crippen LogP contribution in [0.15, 0.2) is 37.1 Å². The van der Waals surface area contributed by atoms with Crippen molar-refractivity contribution in [2.24, 2.45) is 0 Å². The first-order valence-electron chi connectivity index (χ1n) is 5.39. The van der Waals surface area contributed by atoms with Gasteiger partial charge in [-0.3, -0.25) is 0 Å². The second kappa shape index (κ2) is 5.95. The molecule has 1 aromatic carbocycles. The van der Waals surface area contributed by atoms with Gasteiger partial charge in [0.15, 0.2) is 0 Å². The number of benzene rings is 1. The molecule has 0 N–H and O–H groups in total. The maximum Gasteiger partial charge on any atom is 0.342 e. The molecule has 0 bridgehead atoms. The van der Waals surface area contributed by atoms with E-state index in [2.05, 4.69) is 25.3 Å². The summed E-state index contributed by atoms with van der Waals surface area (Å²) in [5.41, 5.74) is 1.65. The fraction of sp³-hybridized carbons (Fsp3) is 0.308. The van der Waals surface area contributed by atoms with Crippen molar-refractivity contribution < 1.29 is 9.53 Å². The second-order valence-corrected chi connectivity index (χ2v) is 3.29. The van der Waals surface area contributed by atoms with E-state index in [9.17, 15) is 4.79 Å². The number of esters is 1. The standard InChI is InChI=1S/C13H17NO2/c1-4-14(5-2)12-9-7-11(8-10-12)13(15)16-6-3/h6-10H,3-5H2,1-2H3. The van der Waals surface area contributed by atoms with Gasteiger partial charge in [-0.25, -0.2) is 4.79 Å². The van der Waals surface area contributed by atoms with Gasteiger partial charge < -0.3 is 9.64 Å². The van der Waals surface area contributed by atoms with Crippen LogP contribution < -0.4 is 4.90 Å². The quantitative estimate of drug-likeness (QED) is 0.563. The van der Waals surface area contributed by atoms with Gasteiger partial charge in [-0.2, -0.15) is 0 Å². The van der Waals surface area contributed by atoms with Crippen LogP contribution in [0.1, 0.15) is 24.2 Å². The fourth-order valence-electron chi connectivity index (χ4n) is 1.54. The first-order chi connectivity index (χ1) is 7.72. The minimum absolute atomic E-state index is 0.374. The van der Waals surface area contributed by atoms with Gasteiger partial charge in [0.1, 0.15) is 0 Å². The van der Waals surface area contributed by atoms with Gasteiger partial charge in [0.2, 0.25) is 0 Å². The summed E-state index contributed by atoms with van der Waals surface area (Å²) in [6, 6.07) is 7.37. The Hall–Kier alpha value is -1.77. The summed E-state index contributed by atoms with van der Waals surface area (Å²) in [4.78, 5) is 13.6. The number of nitrogens with zero attached hydrogens (tertiary/aromatic N) is 1. The number of hydrogen-bond donors (Lipinski definition) is 0. The molecule has 0 aliphatic heterocycles. The smallest absolute Gasteiger partial charge is 0.342 e. The fourth-order valence-corrected chi connectivity index (χ4v) is 1.54. The van der Waals surface area contributed by atoms with Crippen molar-refractivity contribution in [3.05, 3.63) is 42.7 Å². The Kier molecular flexibility index (Phi) is 4.58. The maximum absolute atomic E-state index is 11.4. The highest BCUT2D eigenvalue weighted by atomic mass is 16.5. The van der Waals surface area contributed by atoms with Crippen LogP contribution >= 0.6 is 0 Å². The predicted octanol–water partition coefficient (Wildman–Crippen LogP) is 2.83. The Morgan fingerprint density at radius 1 is 1.31 bits per heavy atom. The zero-order valence-electron chi connectivity index (χ0n) is 9.77. The number of carbonyl (C=O) groups excluding carboxylic acids is 1. The average Bonchev–Trinajstić information content (AvgIpc) is 2.32. The Morgan fingerprint density at radius 2 is 1.88 bits per heavy atom. The number of ether oxygens (including phenoxy) is 1. The van der Waals surface area contributed by atoms with E-state index < -0.39 is 0 Å². The molecule has 0 aliphatic rings. The molecule has 3 heteroatoms. The van der Waals surface area contributed by atoms with Crippen molar-refractivity contribution in [1.82, 2.24) is 0 Å². The number of carbonyl (C=O) groups is 1. The first-order valence-corrected chi connectivity index (χ1v) is 5.39. The lowest BCUT2D eigenvalue weighted by Gasteiger charge is -2.20. The molecule has 0 heterocycles. The number of rotatable bonds is 5. The average molecular weight is 219 g/mol. The molecule has 1 rings (SSSR count). The van der Waals surface area contributed by atoms with Crippen LogP contribution in [-0.4, -0.2) is 19.1 Å². The zero-order valence-corrected chi connectivity index (χ0v) is 9.77. The van der Waals surface area contributed by atoms with Crippen LogP contribution in [0, 0.1) is 0 Å². The third-order valence-corrected chi connectivity index (χ3v) is 2.42. The van der Waals surface area contributed by atoms with Crippen LogP contribution in [0.2, 0.25) is 0 Å². The zero-order chi connectivity index (χ0) is 12.0. The van der Waals surface area contributed by atoms with Crippen molar-refractivity contribution in [3.8, 4) is 0 Å². The SMILES string of the molecule is C=COC(=O)c1ccc(N(CC)CC)cc1. The molecule has 0 unspecified atom stereocenters. The minimum Gasteiger partial charge on any atom is -0.432 e. The van der Waals surface area contributed by atoms with Gasteiger partial charge in [-0.05, 0) is 38.1 Å². The van der Waals surface area contributed by atoms with E-state index in [1.54, 1.807) is 12.1 Å². The van der Waals surface area contributed by atoms with E-state index in [-0.39, 0.29) is 5.97 Å². The van der Waals surface area contributed by atoms with Crippen molar-refractivity contribution in [1.29, 1.82) is 0 Å².